The Morgan fingerprint density at radius 2 is 1.81 bits per heavy atom. The van der Waals surface area contributed by atoms with Crippen LogP contribution in [-0.2, 0) is 19.1 Å². The number of carbonyl (C=O) groups excluding carboxylic acids is 2. The van der Waals surface area contributed by atoms with Gasteiger partial charge in [0, 0.05) is 18.3 Å². The van der Waals surface area contributed by atoms with Crippen molar-refractivity contribution < 1.29 is 38.5 Å². The highest BCUT2D eigenvalue weighted by Crippen LogP contribution is 2.63. The van der Waals surface area contributed by atoms with Gasteiger partial charge in [0.25, 0.3) is 0 Å². The van der Waals surface area contributed by atoms with Crippen molar-refractivity contribution in [3.63, 3.8) is 0 Å². The van der Waals surface area contributed by atoms with E-state index in [9.17, 15) is 28.7 Å². The number of carboxylic acid groups (broad SMARTS) is 2. The fourth-order valence-electron chi connectivity index (χ4n) is 3.61. The molecule has 10 heteroatoms. The Morgan fingerprint density at radius 1 is 1.23 bits per heavy atom. The highest BCUT2D eigenvalue weighted by Gasteiger charge is 2.76. The third kappa shape index (κ3) is 3.58. The number of rotatable bonds is 5. The summed E-state index contributed by atoms with van der Waals surface area (Å²) in [6.07, 6.45) is -3.01. The van der Waals surface area contributed by atoms with Crippen LogP contribution in [0.1, 0.15) is 34.1 Å². The maximum Gasteiger partial charge on any atom is 0.408 e. The van der Waals surface area contributed by atoms with Crippen LogP contribution in [0.4, 0.5) is 9.18 Å². The number of hydrogen-bond acceptors (Lipinski definition) is 5. The van der Waals surface area contributed by atoms with Crippen molar-refractivity contribution >= 4 is 23.9 Å². The summed E-state index contributed by atoms with van der Waals surface area (Å²) in [6.45, 7) is 6.22. The molecule has 0 radical (unpaired) electrons. The average molecular weight is 374 g/mol. The first-order chi connectivity index (χ1) is 11.8. The number of carboxylic acids is 2. The molecule has 2 aliphatic rings. The van der Waals surface area contributed by atoms with E-state index in [1.807, 2.05) is 0 Å². The highest BCUT2D eigenvalue weighted by molar-refractivity contribution is 5.93. The van der Waals surface area contributed by atoms with Crippen molar-refractivity contribution in [2.75, 3.05) is 0 Å². The molecular weight excluding hydrogens is 351 g/mol. The summed E-state index contributed by atoms with van der Waals surface area (Å²) in [4.78, 5) is 47.0. The van der Waals surface area contributed by atoms with E-state index in [0.717, 1.165) is 0 Å². The fraction of sp³-hybridized carbons (Fsp3) is 0.750. The van der Waals surface area contributed by atoms with E-state index in [1.54, 1.807) is 20.8 Å². The van der Waals surface area contributed by atoms with Crippen LogP contribution in [0, 0.1) is 17.8 Å². The number of hydrogen-bond donors (Lipinski definition) is 4. The molecule has 0 bridgehead atoms. The van der Waals surface area contributed by atoms with E-state index in [1.165, 1.54) is 6.92 Å². The van der Waals surface area contributed by atoms with Gasteiger partial charge in [0.05, 0.1) is 5.92 Å². The van der Waals surface area contributed by atoms with E-state index < -0.39 is 71.5 Å². The molecule has 2 aliphatic carbocycles. The third-order valence-corrected chi connectivity index (χ3v) is 4.72. The van der Waals surface area contributed by atoms with Gasteiger partial charge in [-0.25, -0.2) is 14.0 Å². The normalized spacial score (nSPS) is 33.6. The minimum Gasteiger partial charge on any atom is -0.481 e. The van der Waals surface area contributed by atoms with E-state index >= 15 is 0 Å². The second-order valence-electron chi connectivity index (χ2n) is 7.82. The number of carbonyl (C=O) groups is 4. The van der Waals surface area contributed by atoms with Crippen molar-refractivity contribution in [3.8, 4) is 0 Å². The number of fused-ring (bicyclic) bond motifs is 1. The smallest absolute Gasteiger partial charge is 0.408 e. The third-order valence-electron chi connectivity index (χ3n) is 4.72. The number of amides is 2. The van der Waals surface area contributed by atoms with E-state index in [0.29, 0.717) is 0 Å². The fourth-order valence-corrected chi connectivity index (χ4v) is 3.61. The SMILES string of the molecule is CC(NC(=O)OC(C)(C)C)C(=O)N[C@@]1(C(=O)O)C[C@@H](F)[C@H]2[C@H](C(=O)O)[C@H]21. The predicted octanol–water partition coefficient (Wildman–Crippen LogP) is 0.528. The zero-order chi connectivity index (χ0) is 20.0. The minimum atomic E-state index is -2.01. The van der Waals surface area contributed by atoms with Gasteiger partial charge in [0.1, 0.15) is 23.4 Å². The Labute approximate surface area is 149 Å². The topological polar surface area (TPSA) is 142 Å². The van der Waals surface area contributed by atoms with Gasteiger partial charge < -0.3 is 25.6 Å². The lowest BCUT2D eigenvalue weighted by Gasteiger charge is -2.30. The van der Waals surface area contributed by atoms with Crippen LogP contribution in [0.25, 0.3) is 0 Å². The molecule has 0 aromatic rings. The number of alkyl halides is 1. The molecule has 0 saturated heterocycles. The molecule has 2 fully saturated rings. The van der Waals surface area contributed by atoms with Crippen LogP contribution in [0.3, 0.4) is 0 Å². The highest BCUT2D eigenvalue weighted by atomic mass is 19.1. The molecule has 146 valence electrons. The quantitative estimate of drug-likeness (QED) is 0.550. The van der Waals surface area contributed by atoms with Crippen molar-refractivity contribution in [1.82, 2.24) is 10.6 Å². The molecule has 26 heavy (non-hydrogen) atoms. The zero-order valence-electron chi connectivity index (χ0n) is 14.9. The molecule has 2 saturated carbocycles. The summed E-state index contributed by atoms with van der Waals surface area (Å²) in [5.74, 6) is -6.74. The summed E-state index contributed by atoms with van der Waals surface area (Å²) >= 11 is 0. The molecular formula is C16H23FN2O7. The van der Waals surface area contributed by atoms with Crippen LogP contribution in [0.2, 0.25) is 0 Å². The summed E-state index contributed by atoms with van der Waals surface area (Å²) in [7, 11) is 0. The van der Waals surface area contributed by atoms with Gasteiger partial charge in [-0.3, -0.25) is 9.59 Å². The molecule has 0 aliphatic heterocycles. The summed E-state index contributed by atoms with van der Waals surface area (Å²) < 4.78 is 19.1. The van der Waals surface area contributed by atoms with E-state index in [-0.39, 0.29) is 0 Å². The lowest BCUT2D eigenvalue weighted by atomic mass is 9.89. The summed E-state index contributed by atoms with van der Waals surface area (Å²) in [6, 6.07) is -1.15. The van der Waals surface area contributed by atoms with Gasteiger partial charge in [0.15, 0.2) is 0 Å². The van der Waals surface area contributed by atoms with Crippen molar-refractivity contribution in [1.29, 1.82) is 0 Å². The second-order valence-corrected chi connectivity index (χ2v) is 7.82. The van der Waals surface area contributed by atoms with Crippen LogP contribution < -0.4 is 10.6 Å². The first-order valence-electron chi connectivity index (χ1n) is 8.22. The Kier molecular flexibility index (Phi) is 4.91. The minimum absolute atomic E-state index is 0.508. The number of alkyl carbamates (subject to hydrolysis) is 1. The predicted molar refractivity (Wildman–Crippen MR) is 85.0 cm³/mol. The molecule has 9 nitrogen and oxygen atoms in total. The number of halogens is 1. The maximum absolute atomic E-state index is 14.1. The molecule has 0 aromatic heterocycles. The summed E-state index contributed by atoms with van der Waals surface area (Å²) in [5.41, 5.74) is -2.79. The lowest BCUT2D eigenvalue weighted by molar-refractivity contribution is -0.150. The van der Waals surface area contributed by atoms with Gasteiger partial charge in [-0.15, -0.1) is 0 Å². The van der Waals surface area contributed by atoms with Crippen molar-refractivity contribution in [3.05, 3.63) is 0 Å². The van der Waals surface area contributed by atoms with E-state index in [4.69, 9.17) is 9.84 Å². The zero-order valence-corrected chi connectivity index (χ0v) is 14.9. The molecule has 0 aromatic carbocycles. The maximum atomic E-state index is 14.1. The molecule has 2 rings (SSSR count). The van der Waals surface area contributed by atoms with Crippen molar-refractivity contribution in [2.24, 2.45) is 17.8 Å². The number of aliphatic carboxylic acids is 2. The van der Waals surface area contributed by atoms with Gasteiger partial charge in [-0.05, 0) is 27.7 Å². The molecule has 6 atom stereocenters. The van der Waals surface area contributed by atoms with Gasteiger partial charge in [0.2, 0.25) is 5.91 Å². The first-order valence-corrected chi connectivity index (χ1v) is 8.22. The Balaban J connectivity index is 2.09. The van der Waals surface area contributed by atoms with Crippen LogP contribution in [0.15, 0.2) is 0 Å². The van der Waals surface area contributed by atoms with Crippen LogP contribution >= 0.6 is 0 Å². The van der Waals surface area contributed by atoms with Gasteiger partial charge in [-0.1, -0.05) is 0 Å². The lowest BCUT2D eigenvalue weighted by Crippen LogP contribution is -2.60. The number of ether oxygens (including phenoxy) is 1. The van der Waals surface area contributed by atoms with Crippen LogP contribution in [-0.4, -0.2) is 57.5 Å². The summed E-state index contributed by atoms with van der Waals surface area (Å²) in [5, 5.41) is 23.2. The Hall–Kier alpha value is -2.39. The Bertz CT molecular complexity index is 647. The molecule has 4 N–H and O–H groups in total. The number of nitrogens with one attached hydrogen (secondary N) is 2. The monoisotopic (exact) mass is 374 g/mol. The standard InChI is InChI=1S/C16H23FN2O7/c1-6(18-14(25)26-15(2,3)4)11(20)19-16(13(23)24)5-7(17)8-9(10(8)16)12(21)22/h6-10H,5H2,1-4H3,(H,18,25)(H,19,20)(H,21,22)(H,23,24)/t6?,7-,8+,9+,10+,16+/m1/s1. The molecule has 0 heterocycles. The average Bonchev–Trinajstić information content (AvgIpc) is 3.13. The van der Waals surface area contributed by atoms with Crippen LogP contribution in [0.5, 0.6) is 0 Å². The first kappa shape index (κ1) is 19.9. The largest absolute Gasteiger partial charge is 0.481 e. The van der Waals surface area contributed by atoms with Gasteiger partial charge in [-0.2, -0.15) is 0 Å². The Morgan fingerprint density at radius 3 is 2.23 bits per heavy atom. The van der Waals surface area contributed by atoms with Crippen molar-refractivity contribution in [2.45, 2.75) is 57.5 Å². The molecule has 1 unspecified atom stereocenters. The second kappa shape index (κ2) is 6.40. The molecule has 0 spiro atoms. The molecule has 2 amide bonds. The van der Waals surface area contributed by atoms with Gasteiger partial charge >= 0.3 is 18.0 Å². The van der Waals surface area contributed by atoms with E-state index in [2.05, 4.69) is 10.6 Å².